The highest BCUT2D eigenvalue weighted by atomic mass is 16.5. The van der Waals surface area contributed by atoms with Crippen LogP contribution in [0.3, 0.4) is 0 Å². The SMILES string of the molecule is CNC(CN1CCCC(C)(OC)C1)c1cccc(C)c1. The lowest BCUT2D eigenvalue weighted by Crippen LogP contribution is -2.49. The minimum absolute atomic E-state index is 0.0170. The summed E-state index contributed by atoms with van der Waals surface area (Å²) in [6.45, 7) is 7.61. The fraction of sp³-hybridized carbons (Fsp3) is 0.647. The molecule has 0 bridgehead atoms. The van der Waals surface area contributed by atoms with Crippen molar-refractivity contribution in [2.45, 2.75) is 38.3 Å². The topological polar surface area (TPSA) is 24.5 Å². The Hall–Kier alpha value is -0.900. The van der Waals surface area contributed by atoms with E-state index in [4.69, 9.17) is 4.74 Å². The van der Waals surface area contributed by atoms with Crippen LogP contribution in [0.1, 0.15) is 36.9 Å². The Kier molecular flexibility index (Phi) is 5.19. The molecule has 20 heavy (non-hydrogen) atoms. The Morgan fingerprint density at radius 2 is 2.25 bits per heavy atom. The molecule has 1 saturated heterocycles. The lowest BCUT2D eigenvalue weighted by molar-refractivity contribution is -0.0522. The minimum atomic E-state index is 0.0170. The summed E-state index contributed by atoms with van der Waals surface area (Å²) in [5, 5.41) is 3.46. The summed E-state index contributed by atoms with van der Waals surface area (Å²) in [5.41, 5.74) is 2.71. The van der Waals surface area contributed by atoms with E-state index in [2.05, 4.69) is 48.3 Å². The largest absolute Gasteiger partial charge is 0.377 e. The molecular formula is C17H28N2O. The maximum Gasteiger partial charge on any atom is 0.0777 e. The van der Waals surface area contributed by atoms with Gasteiger partial charge in [-0.25, -0.2) is 0 Å². The van der Waals surface area contributed by atoms with E-state index in [1.807, 2.05) is 14.2 Å². The summed E-state index contributed by atoms with van der Waals surface area (Å²) >= 11 is 0. The smallest absolute Gasteiger partial charge is 0.0777 e. The second-order valence-corrected chi connectivity index (χ2v) is 6.25. The Morgan fingerprint density at radius 1 is 1.45 bits per heavy atom. The lowest BCUT2D eigenvalue weighted by Gasteiger charge is -2.40. The lowest BCUT2D eigenvalue weighted by atomic mass is 9.94. The number of piperidine rings is 1. The zero-order chi connectivity index (χ0) is 14.6. The van der Waals surface area contributed by atoms with Gasteiger partial charge in [-0.1, -0.05) is 29.8 Å². The van der Waals surface area contributed by atoms with E-state index in [1.54, 1.807) is 0 Å². The highest BCUT2D eigenvalue weighted by Crippen LogP contribution is 2.25. The van der Waals surface area contributed by atoms with E-state index in [0.717, 1.165) is 19.5 Å². The van der Waals surface area contributed by atoms with Gasteiger partial charge in [0.2, 0.25) is 0 Å². The number of aryl methyl sites for hydroxylation is 1. The van der Waals surface area contributed by atoms with Crippen LogP contribution < -0.4 is 5.32 Å². The highest BCUT2D eigenvalue weighted by Gasteiger charge is 2.31. The van der Waals surface area contributed by atoms with Crippen molar-refractivity contribution in [1.29, 1.82) is 0 Å². The average Bonchev–Trinajstić information content (AvgIpc) is 2.45. The Balaban J connectivity index is 2.03. The molecule has 1 aromatic rings. The number of likely N-dealkylation sites (N-methyl/N-ethyl adjacent to an activating group) is 1. The number of benzene rings is 1. The van der Waals surface area contributed by atoms with Crippen LogP contribution in [0.15, 0.2) is 24.3 Å². The van der Waals surface area contributed by atoms with E-state index < -0.39 is 0 Å². The maximum atomic E-state index is 5.69. The maximum absolute atomic E-state index is 5.69. The Morgan fingerprint density at radius 3 is 2.90 bits per heavy atom. The fourth-order valence-corrected chi connectivity index (χ4v) is 3.14. The van der Waals surface area contributed by atoms with Crippen molar-refractivity contribution in [2.75, 3.05) is 33.8 Å². The number of likely N-dealkylation sites (tertiary alicyclic amines) is 1. The van der Waals surface area contributed by atoms with Gasteiger partial charge in [0.1, 0.15) is 0 Å². The van der Waals surface area contributed by atoms with E-state index in [-0.39, 0.29) is 5.60 Å². The number of rotatable bonds is 5. The molecule has 0 amide bonds. The van der Waals surface area contributed by atoms with Gasteiger partial charge in [0.05, 0.1) is 5.60 Å². The molecule has 1 heterocycles. The van der Waals surface area contributed by atoms with Gasteiger partial charge in [0.25, 0.3) is 0 Å². The number of hydrogen-bond acceptors (Lipinski definition) is 3. The molecule has 0 aliphatic carbocycles. The quantitative estimate of drug-likeness (QED) is 0.895. The van der Waals surface area contributed by atoms with E-state index in [9.17, 15) is 0 Å². The summed E-state index contributed by atoms with van der Waals surface area (Å²) in [6, 6.07) is 9.17. The van der Waals surface area contributed by atoms with Gasteiger partial charge in [0.15, 0.2) is 0 Å². The van der Waals surface area contributed by atoms with Gasteiger partial charge in [-0.05, 0) is 45.8 Å². The predicted molar refractivity (Wildman–Crippen MR) is 84.1 cm³/mol. The first-order chi connectivity index (χ1) is 9.56. The van der Waals surface area contributed by atoms with Crippen LogP contribution in [0.25, 0.3) is 0 Å². The Labute approximate surface area is 123 Å². The van der Waals surface area contributed by atoms with Crippen molar-refractivity contribution in [3.63, 3.8) is 0 Å². The van der Waals surface area contributed by atoms with Crippen molar-refractivity contribution in [3.05, 3.63) is 35.4 Å². The number of nitrogens with zero attached hydrogens (tertiary/aromatic N) is 1. The van der Waals surface area contributed by atoms with Crippen LogP contribution in [-0.4, -0.2) is 44.3 Å². The molecule has 1 N–H and O–H groups in total. The van der Waals surface area contributed by atoms with Gasteiger partial charge >= 0.3 is 0 Å². The van der Waals surface area contributed by atoms with Crippen LogP contribution in [-0.2, 0) is 4.74 Å². The molecular weight excluding hydrogens is 248 g/mol. The van der Waals surface area contributed by atoms with Crippen LogP contribution in [0.2, 0.25) is 0 Å². The predicted octanol–water partition coefficient (Wildman–Crippen LogP) is 2.76. The molecule has 3 nitrogen and oxygen atoms in total. The molecule has 0 radical (unpaired) electrons. The van der Waals surface area contributed by atoms with Gasteiger partial charge in [-0.15, -0.1) is 0 Å². The molecule has 0 aromatic heterocycles. The average molecular weight is 276 g/mol. The van der Waals surface area contributed by atoms with Crippen molar-refractivity contribution in [2.24, 2.45) is 0 Å². The molecule has 3 heteroatoms. The second kappa shape index (κ2) is 6.70. The van der Waals surface area contributed by atoms with Crippen molar-refractivity contribution in [1.82, 2.24) is 10.2 Å². The molecule has 1 fully saturated rings. The molecule has 112 valence electrons. The first-order valence-corrected chi connectivity index (χ1v) is 7.58. The third-order valence-corrected chi connectivity index (χ3v) is 4.46. The molecule has 1 aliphatic heterocycles. The molecule has 2 atom stereocenters. The number of hydrogen-bond donors (Lipinski definition) is 1. The number of ether oxygens (including phenoxy) is 1. The summed E-state index contributed by atoms with van der Waals surface area (Å²) < 4.78 is 5.69. The first-order valence-electron chi connectivity index (χ1n) is 7.58. The van der Waals surface area contributed by atoms with Crippen molar-refractivity contribution in [3.8, 4) is 0 Å². The summed E-state index contributed by atoms with van der Waals surface area (Å²) in [7, 11) is 3.88. The fourth-order valence-electron chi connectivity index (χ4n) is 3.14. The zero-order valence-electron chi connectivity index (χ0n) is 13.3. The van der Waals surface area contributed by atoms with Crippen LogP contribution >= 0.6 is 0 Å². The van der Waals surface area contributed by atoms with Crippen LogP contribution in [0.5, 0.6) is 0 Å². The summed E-state index contributed by atoms with van der Waals surface area (Å²) in [5.74, 6) is 0. The summed E-state index contributed by atoms with van der Waals surface area (Å²) in [6.07, 6.45) is 2.38. The Bertz CT molecular complexity index is 435. The van der Waals surface area contributed by atoms with Crippen molar-refractivity contribution >= 4 is 0 Å². The van der Waals surface area contributed by atoms with Gasteiger partial charge < -0.3 is 10.1 Å². The summed E-state index contributed by atoms with van der Waals surface area (Å²) in [4.78, 5) is 2.52. The molecule has 2 unspecified atom stereocenters. The monoisotopic (exact) mass is 276 g/mol. The standard InChI is InChI=1S/C17H28N2O/c1-14-7-5-8-15(11-14)16(18-3)12-19-10-6-9-17(2,13-19)20-4/h5,7-8,11,16,18H,6,9-10,12-13H2,1-4H3. The molecule has 1 aliphatic rings. The number of methoxy groups -OCH3 is 1. The third-order valence-electron chi connectivity index (χ3n) is 4.46. The first kappa shape index (κ1) is 15.5. The van der Waals surface area contributed by atoms with Gasteiger partial charge in [-0.2, -0.15) is 0 Å². The van der Waals surface area contributed by atoms with E-state index in [0.29, 0.717) is 6.04 Å². The van der Waals surface area contributed by atoms with Crippen LogP contribution in [0.4, 0.5) is 0 Å². The molecule has 0 spiro atoms. The zero-order valence-corrected chi connectivity index (χ0v) is 13.3. The molecule has 0 saturated carbocycles. The second-order valence-electron chi connectivity index (χ2n) is 6.25. The molecule has 1 aromatic carbocycles. The van der Waals surface area contributed by atoms with Gasteiger partial charge in [0, 0.05) is 26.2 Å². The minimum Gasteiger partial charge on any atom is -0.377 e. The number of nitrogens with one attached hydrogen (secondary N) is 1. The van der Waals surface area contributed by atoms with E-state index in [1.165, 1.54) is 24.1 Å². The van der Waals surface area contributed by atoms with Gasteiger partial charge in [-0.3, -0.25) is 4.90 Å². The normalized spacial score (nSPS) is 25.6. The highest BCUT2D eigenvalue weighted by molar-refractivity contribution is 5.25. The van der Waals surface area contributed by atoms with Crippen molar-refractivity contribution < 1.29 is 4.74 Å². The molecule has 2 rings (SSSR count). The third kappa shape index (κ3) is 3.81. The van der Waals surface area contributed by atoms with E-state index >= 15 is 0 Å². The van der Waals surface area contributed by atoms with Crippen LogP contribution in [0, 0.1) is 6.92 Å².